The lowest BCUT2D eigenvalue weighted by molar-refractivity contribution is -0.134. The first-order valence-electron chi connectivity index (χ1n) is 7.51. The predicted molar refractivity (Wildman–Crippen MR) is 78.4 cm³/mol. The summed E-state index contributed by atoms with van der Waals surface area (Å²) in [6, 6.07) is 0.389. The van der Waals surface area contributed by atoms with Crippen molar-refractivity contribution in [2.75, 3.05) is 6.54 Å². The quantitative estimate of drug-likeness (QED) is 0.688. The minimum atomic E-state index is 0.0199. The SMILES string of the molecule is CCCC(N)CC(=O)N(CC(C)C)C(CC)CC. The van der Waals surface area contributed by atoms with E-state index in [1.54, 1.807) is 0 Å². The molecule has 0 saturated heterocycles. The van der Waals surface area contributed by atoms with Crippen molar-refractivity contribution in [3.05, 3.63) is 0 Å². The molecule has 3 heteroatoms. The van der Waals surface area contributed by atoms with Crippen molar-refractivity contribution in [2.24, 2.45) is 11.7 Å². The third kappa shape index (κ3) is 6.39. The smallest absolute Gasteiger partial charge is 0.224 e. The molecule has 0 aliphatic carbocycles. The standard InChI is InChI=1S/C15H32N2O/c1-6-9-13(16)10-15(18)17(11-12(4)5)14(7-2)8-3/h12-14H,6-11,16H2,1-5H3. The first kappa shape index (κ1) is 17.4. The van der Waals surface area contributed by atoms with Gasteiger partial charge in [-0.2, -0.15) is 0 Å². The molecule has 0 spiro atoms. The third-order valence-electron chi connectivity index (χ3n) is 3.36. The number of nitrogens with two attached hydrogens (primary N) is 1. The van der Waals surface area contributed by atoms with E-state index in [0.717, 1.165) is 32.2 Å². The van der Waals surface area contributed by atoms with Gasteiger partial charge in [0.05, 0.1) is 0 Å². The van der Waals surface area contributed by atoms with Crippen LogP contribution in [0.3, 0.4) is 0 Å². The fourth-order valence-electron chi connectivity index (χ4n) is 2.39. The molecular weight excluding hydrogens is 224 g/mol. The van der Waals surface area contributed by atoms with E-state index in [1.807, 2.05) is 0 Å². The molecule has 0 bridgehead atoms. The maximum atomic E-state index is 12.4. The van der Waals surface area contributed by atoms with Crippen LogP contribution in [0.2, 0.25) is 0 Å². The van der Waals surface area contributed by atoms with Gasteiger partial charge in [0.1, 0.15) is 0 Å². The second kappa shape index (κ2) is 9.37. The Balaban J connectivity index is 4.58. The van der Waals surface area contributed by atoms with Gasteiger partial charge in [0.2, 0.25) is 5.91 Å². The summed E-state index contributed by atoms with van der Waals surface area (Å²) in [7, 11) is 0. The van der Waals surface area contributed by atoms with Crippen LogP contribution in [0.5, 0.6) is 0 Å². The topological polar surface area (TPSA) is 46.3 Å². The number of hydrogen-bond donors (Lipinski definition) is 1. The Morgan fingerprint density at radius 2 is 1.72 bits per heavy atom. The summed E-state index contributed by atoms with van der Waals surface area (Å²) in [5.74, 6) is 0.746. The zero-order chi connectivity index (χ0) is 14.1. The van der Waals surface area contributed by atoms with E-state index in [2.05, 4.69) is 39.5 Å². The predicted octanol–water partition coefficient (Wildman–Crippen LogP) is 3.18. The van der Waals surface area contributed by atoms with Crippen molar-refractivity contribution in [1.29, 1.82) is 0 Å². The van der Waals surface area contributed by atoms with Crippen LogP contribution < -0.4 is 5.73 Å². The van der Waals surface area contributed by atoms with E-state index >= 15 is 0 Å². The molecule has 1 unspecified atom stereocenters. The molecule has 1 atom stereocenters. The summed E-state index contributed by atoms with van der Waals surface area (Å²) in [4.78, 5) is 14.4. The molecular formula is C15H32N2O. The highest BCUT2D eigenvalue weighted by Gasteiger charge is 2.23. The average Bonchev–Trinajstić information content (AvgIpc) is 2.28. The Hall–Kier alpha value is -0.570. The van der Waals surface area contributed by atoms with Crippen molar-refractivity contribution < 1.29 is 4.79 Å². The summed E-state index contributed by atoms with van der Waals surface area (Å²) in [6.07, 6.45) is 4.53. The van der Waals surface area contributed by atoms with Crippen LogP contribution in [0, 0.1) is 5.92 Å². The highest BCUT2D eigenvalue weighted by atomic mass is 16.2. The summed E-state index contributed by atoms with van der Waals surface area (Å²) >= 11 is 0. The van der Waals surface area contributed by atoms with Crippen LogP contribution in [-0.4, -0.2) is 29.4 Å². The monoisotopic (exact) mass is 256 g/mol. The first-order valence-corrected chi connectivity index (χ1v) is 7.51. The van der Waals surface area contributed by atoms with Crippen LogP contribution in [0.1, 0.15) is 66.7 Å². The van der Waals surface area contributed by atoms with Crippen molar-refractivity contribution in [2.45, 2.75) is 78.8 Å². The fraction of sp³-hybridized carbons (Fsp3) is 0.933. The largest absolute Gasteiger partial charge is 0.339 e. The van der Waals surface area contributed by atoms with Crippen molar-refractivity contribution >= 4 is 5.91 Å². The minimum absolute atomic E-state index is 0.0199. The Morgan fingerprint density at radius 3 is 2.11 bits per heavy atom. The van der Waals surface area contributed by atoms with E-state index in [0.29, 0.717) is 18.4 Å². The van der Waals surface area contributed by atoms with Gasteiger partial charge in [0.15, 0.2) is 0 Å². The summed E-state index contributed by atoms with van der Waals surface area (Å²) in [6.45, 7) is 11.6. The molecule has 0 saturated carbocycles. The normalized spacial score (nSPS) is 13.1. The molecule has 18 heavy (non-hydrogen) atoms. The van der Waals surface area contributed by atoms with Crippen LogP contribution in [0.15, 0.2) is 0 Å². The summed E-state index contributed by atoms with van der Waals surface area (Å²) < 4.78 is 0. The minimum Gasteiger partial charge on any atom is -0.339 e. The second-order valence-corrected chi connectivity index (χ2v) is 5.66. The molecule has 1 amide bonds. The molecule has 0 aromatic carbocycles. The molecule has 0 fully saturated rings. The Bertz CT molecular complexity index is 225. The molecule has 2 N–H and O–H groups in total. The number of rotatable bonds is 9. The van der Waals surface area contributed by atoms with Crippen molar-refractivity contribution in [3.63, 3.8) is 0 Å². The van der Waals surface area contributed by atoms with Gasteiger partial charge in [-0.25, -0.2) is 0 Å². The van der Waals surface area contributed by atoms with Crippen LogP contribution in [0.25, 0.3) is 0 Å². The van der Waals surface area contributed by atoms with E-state index < -0.39 is 0 Å². The van der Waals surface area contributed by atoms with Crippen molar-refractivity contribution in [1.82, 2.24) is 4.90 Å². The summed E-state index contributed by atoms with van der Waals surface area (Å²) in [5.41, 5.74) is 5.99. The molecule has 0 rings (SSSR count). The highest BCUT2D eigenvalue weighted by Crippen LogP contribution is 2.14. The molecule has 0 heterocycles. The van der Waals surface area contributed by atoms with Gasteiger partial charge in [-0.1, -0.05) is 41.0 Å². The van der Waals surface area contributed by atoms with E-state index in [9.17, 15) is 4.79 Å². The van der Waals surface area contributed by atoms with Crippen LogP contribution in [0.4, 0.5) is 0 Å². The van der Waals surface area contributed by atoms with Crippen LogP contribution >= 0.6 is 0 Å². The van der Waals surface area contributed by atoms with Gasteiger partial charge in [-0.05, 0) is 25.2 Å². The van der Waals surface area contributed by atoms with E-state index in [-0.39, 0.29) is 11.9 Å². The lowest BCUT2D eigenvalue weighted by Crippen LogP contribution is -2.44. The molecule has 0 radical (unpaired) electrons. The Labute approximate surface area is 113 Å². The van der Waals surface area contributed by atoms with Gasteiger partial charge < -0.3 is 10.6 Å². The first-order chi connectivity index (χ1) is 8.46. The van der Waals surface area contributed by atoms with Gasteiger partial charge in [-0.3, -0.25) is 4.79 Å². The zero-order valence-electron chi connectivity index (χ0n) is 12.9. The van der Waals surface area contributed by atoms with Crippen LogP contribution in [-0.2, 0) is 4.79 Å². The van der Waals surface area contributed by atoms with Gasteiger partial charge >= 0.3 is 0 Å². The average molecular weight is 256 g/mol. The molecule has 0 aliphatic rings. The second-order valence-electron chi connectivity index (χ2n) is 5.66. The lowest BCUT2D eigenvalue weighted by Gasteiger charge is -2.33. The van der Waals surface area contributed by atoms with Crippen molar-refractivity contribution in [3.8, 4) is 0 Å². The maximum Gasteiger partial charge on any atom is 0.224 e. The Kier molecular flexibility index (Phi) is 9.08. The number of carbonyl (C=O) groups excluding carboxylic acids is 1. The number of amides is 1. The highest BCUT2D eigenvalue weighted by molar-refractivity contribution is 5.77. The number of nitrogens with zero attached hydrogens (tertiary/aromatic N) is 1. The fourth-order valence-corrected chi connectivity index (χ4v) is 2.39. The summed E-state index contributed by atoms with van der Waals surface area (Å²) in [5, 5.41) is 0. The third-order valence-corrected chi connectivity index (χ3v) is 3.36. The molecule has 3 nitrogen and oxygen atoms in total. The Morgan fingerprint density at radius 1 is 1.17 bits per heavy atom. The molecule has 108 valence electrons. The molecule has 0 aromatic rings. The zero-order valence-corrected chi connectivity index (χ0v) is 12.9. The van der Waals surface area contributed by atoms with Gasteiger partial charge in [0.25, 0.3) is 0 Å². The molecule has 0 aromatic heterocycles. The van der Waals surface area contributed by atoms with Gasteiger partial charge in [-0.15, -0.1) is 0 Å². The molecule has 0 aliphatic heterocycles. The number of hydrogen-bond acceptors (Lipinski definition) is 2. The van der Waals surface area contributed by atoms with Gasteiger partial charge in [0, 0.05) is 25.0 Å². The maximum absolute atomic E-state index is 12.4. The number of carbonyl (C=O) groups is 1. The van der Waals surface area contributed by atoms with E-state index in [1.165, 1.54) is 0 Å². The lowest BCUT2D eigenvalue weighted by atomic mass is 10.0. The van der Waals surface area contributed by atoms with E-state index in [4.69, 9.17) is 5.73 Å².